The molecule has 0 saturated carbocycles. The van der Waals surface area contributed by atoms with E-state index in [1.807, 2.05) is 36.4 Å². The molecule has 2 heterocycles. The van der Waals surface area contributed by atoms with Crippen molar-refractivity contribution in [1.82, 2.24) is 4.90 Å². The van der Waals surface area contributed by atoms with Gasteiger partial charge in [-0.3, -0.25) is 9.59 Å². The van der Waals surface area contributed by atoms with Gasteiger partial charge < -0.3 is 14.9 Å². The van der Waals surface area contributed by atoms with E-state index >= 15 is 0 Å². The Morgan fingerprint density at radius 3 is 2.44 bits per heavy atom. The monoisotopic (exact) mass is 364 g/mol. The lowest BCUT2D eigenvalue weighted by atomic mass is 9.92. The average molecular weight is 364 g/mol. The SMILES string of the molecule is O=C(O)C1c2ccccc2CCN1C(=O)CN1C(=O)CCc2ccccc21. The molecule has 0 radical (unpaired) electrons. The summed E-state index contributed by atoms with van der Waals surface area (Å²) in [5.74, 6) is -1.51. The molecule has 2 amide bonds. The fourth-order valence-electron chi connectivity index (χ4n) is 4.00. The fourth-order valence-corrected chi connectivity index (χ4v) is 4.00. The van der Waals surface area contributed by atoms with E-state index in [9.17, 15) is 19.5 Å². The number of hydrogen-bond donors (Lipinski definition) is 1. The lowest BCUT2D eigenvalue weighted by molar-refractivity contribution is -0.150. The molecule has 0 spiro atoms. The van der Waals surface area contributed by atoms with Gasteiger partial charge in [0.1, 0.15) is 6.54 Å². The first-order chi connectivity index (χ1) is 13.1. The predicted octanol–water partition coefficient (Wildman–Crippen LogP) is 2.18. The molecule has 0 aromatic heterocycles. The number of carboxylic acid groups (broad SMARTS) is 1. The lowest BCUT2D eigenvalue weighted by Crippen LogP contribution is -2.49. The third kappa shape index (κ3) is 3.07. The number of hydrogen-bond acceptors (Lipinski definition) is 3. The molecule has 138 valence electrons. The molecule has 1 N–H and O–H groups in total. The molecule has 1 unspecified atom stereocenters. The van der Waals surface area contributed by atoms with E-state index in [0.717, 1.165) is 16.8 Å². The number of carbonyl (C=O) groups is 3. The number of fused-ring (bicyclic) bond motifs is 2. The number of anilines is 1. The number of carbonyl (C=O) groups excluding carboxylic acids is 2. The summed E-state index contributed by atoms with van der Waals surface area (Å²) in [5.41, 5.74) is 3.37. The van der Waals surface area contributed by atoms with Crippen molar-refractivity contribution < 1.29 is 19.5 Å². The van der Waals surface area contributed by atoms with E-state index in [0.29, 0.717) is 31.4 Å². The summed E-state index contributed by atoms with van der Waals surface area (Å²) >= 11 is 0. The Bertz CT molecular complexity index is 924. The largest absolute Gasteiger partial charge is 0.479 e. The third-order valence-corrected chi connectivity index (χ3v) is 5.32. The highest BCUT2D eigenvalue weighted by molar-refractivity contribution is 6.01. The number of benzene rings is 2. The van der Waals surface area contributed by atoms with Gasteiger partial charge in [0.25, 0.3) is 0 Å². The van der Waals surface area contributed by atoms with Gasteiger partial charge in [0.05, 0.1) is 0 Å². The van der Waals surface area contributed by atoms with Gasteiger partial charge in [-0.15, -0.1) is 0 Å². The van der Waals surface area contributed by atoms with Crippen LogP contribution in [0.3, 0.4) is 0 Å². The van der Waals surface area contributed by atoms with Crippen molar-refractivity contribution >= 4 is 23.5 Å². The smallest absolute Gasteiger partial charge is 0.331 e. The van der Waals surface area contributed by atoms with Gasteiger partial charge in [0.2, 0.25) is 11.8 Å². The minimum absolute atomic E-state index is 0.105. The summed E-state index contributed by atoms with van der Waals surface area (Å²) in [7, 11) is 0. The molecule has 2 aromatic rings. The van der Waals surface area contributed by atoms with Crippen molar-refractivity contribution in [3.8, 4) is 0 Å². The molecule has 2 aromatic carbocycles. The van der Waals surface area contributed by atoms with Crippen LogP contribution in [0, 0.1) is 0 Å². The Hall–Kier alpha value is -3.15. The van der Waals surface area contributed by atoms with Crippen molar-refractivity contribution in [2.75, 3.05) is 18.0 Å². The van der Waals surface area contributed by atoms with Crippen LogP contribution in [0.1, 0.15) is 29.2 Å². The van der Waals surface area contributed by atoms with Crippen molar-refractivity contribution in [3.05, 3.63) is 65.2 Å². The molecular weight excluding hydrogens is 344 g/mol. The summed E-state index contributed by atoms with van der Waals surface area (Å²) in [5, 5.41) is 9.75. The van der Waals surface area contributed by atoms with E-state index in [4.69, 9.17) is 0 Å². The van der Waals surface area contributed by atoms with E-state index in [2.05, 4.69) is 0 Å². The summed E-state index contributed by atoms with van der Waals surface area (Å²) < 4.78 is 0. The minimum Gasteiger partial charge on any atom is -0.479 e. The van der Waals surface area contributed by atoms with Gasteiger partial charge in [-0.2, -0.15) is 0 Å². The molecule has 0 saturated heterocycles. The Kier molecular flexibility index (Phi) is 4.39. The first-order valence-electron chi connectivity index (χ1n) is 9.04. The second-order valence-corrected chi connectivity index (χ2v) is 6.89. The van der Waals surface area contributed by atoms with Crippen molar-refractivity contribution in [2.24, 2.45) is 0 Å². The zero-order chi connectivity index (χ0) is 19.0. The van der Waals surface area contributed by atoms with Gasteiger partial charge in [0.15, 0.2) is 6.04 Å². The molecular formula is C21H20N2O4. The van der Waals surface area contributed by atoms with Crippen LogP contribution in [0.25, 0.3) is 0 Å². The van der Waals surface area contributed by atoms with E-state index in [1.165, 1.54) is 9.80 Å². The molecule has 2 aliphatic rings. The average Bonchev–Trinajstić information content (AvgIpc) is 2.69. The lowest BCUT2D eigenvalue weighted by Gasteiger charge is -2.37. The Morgan fingerprint density at radius 1 is 0.963 bits per heavy atom. The van der Waals surface area contributed by atoms with Crippen molar-refractivity contribution in [2.45, 2.75) is 25.3 Å². The summed E-state index contributed by atoms with van der Waals surface area (Å²) in [6, 6.07) is 13.8. The molecule has 6 heteroatoms. The van der Waals surface area contributed by atoms with E-state index < -0.39 is 12.0 Å². The van der Waals surface area contributed by atoms with E-state index in [-0.39, 0.29) is 18.4 Å². The van der Waals surface area contributed by atoms with Gasteiger partial charge >= 0.3 is 5.97 Å². The topological polar surface area (TPSA) is 77.9 Å². The van der Waals surface area contributed by atoms with Crippen molar-refractivity contribution in [3.63, 3.8) is 0 Å². The Morgan fingerprint density at radius 2 is 1.67 bits per heavy atom. The fraction of sp³-hybridized carbons (Fsp3) is 0.286. The second-order valence-electron chi connectivity index (χ2n) is 6.89. The number of amides is 2. The molecule has 2 aliphatic heterocycles. The molecule has 0 aliphatic carbocycles. The van der Waals surface area contributed by atoms with E-state index in [1.54, 1.807) is 12.1 Å². The van der Waals surface area contributed by atoms with Crippen LogP contribution in [0.5, 0.6) is 0 Å². The van der Waals surface area contributed by atoms with Crippen LogP contribution >= 0.6 is 0 Å². The predicted molar refractivity (Wildman–Crippen MR) is 99.4 cm³/mol. The molecule has 27 heavy (non-hydrogen) atoms. The summed E-state index contributed by atoms with van der Waals surface area (Å²) in [6.45, 7) is 0.193. The molecule has 6 nitrogen and oxygen atoms in total. The minimum atomic E-state index is -1.05. The maximum absolute atomic E-state index is 13.0. The van der Waals surface area contributed by atoms with Gasteiger partial charge in [-0.25, -0.2) is 4.79 Å². The van der Waals surface area contributed by atoms with Crippen LogP contribution < -0.4 is 4.90 Å². The van der Waals surface area contributed by atoms with Crippen LogP contribution in [0.15, 0.2) is 48.5 Å². The van der Waals surface area contributed by atoms with Gasteiger partial charge in [-0.1, -0.05) is 42.5 Å². The maximum atomic E-state index is 13.0. The Labute approximate surface area is 157 Å². The highest BCUT2D eigenvalue weighted by Crippen LogP contribution is 2.32. The quantitative estimate of drug-likeness (QED) is 0.906. The molecule has 0 bridgehead atoms. The zero-order valence-corrected chi connectivity index (χ0v) is 14.8. The number of aryl methyl sites for hydroxylation is 1. The standard InChI is InChI=1S/C21H20N2O4/c24-18-10-9-15-6-2-4-8-17(15)23(18)13-19(25)22-12-11-14-5-1-3-7-16(14)20(22)21(26)27/h1-8,20H,9-13H2,(H,26,27). The van der Waals surface area contributed by atoms with Crippen LogP contribution in [0.2, 0.25) is 0 Å². The highest BCUT2D eigenvalue weighted by Gasteiger charge is 2.37. The third-order valence-electron chi connectivity index (χ3n) is 5.32. The first kappa shape index (κ1) is 17.3. The summed E-state index contributed by atoms with van der Waals surface area (Å²) in [4.78, 5) is 40.2. The van der Waals surface area contributed by atoms with Crippen LogP contribution in [-0.2, 0) is 27.2 Å². The zero-order valence-electron chi connectivity index (χ0n) is 14.8. The number of carboxylic acids is 1. The first-order valence-corrected chi connectivity index (χ1v) is 9.04. The van der Waals surface area contributed by atoms with Crippen LogP contribution in [0.4, 0.5) is 5.69 Å². The number of para-hydroxylation sites is 1. The normalized spacial score (nSPS) is 18.7. The number of aliphatic carboxylic acids is 1. The van der Waals surface area contributed by atoms with Crippen molar-refractivity contribution in [1.29, 1.82) is 0 Å². The number of nitrogens with zero attached hydrogens (tertiary/aromatic N) is 2. The molecule has 0 fully saturated rings. The summed E-state index contributed by atoms with van der Waals surface area (Å²) in [6.07, 6.45) is 1.63. The van der Waals surface area contributed by atoms with Gasteiger partial charge in [-0.05, 0) is 35.6 Å². The molecule has 1 atom stereocenters. The maximum Gasteiger partial charge on any atom is 0.331 e. The highest BCUT2D eigenvalue weighted by atomic mass is 16.4. The number of rotatable bonds is 3. The second kappa shape index (κ2) is 6.87. The Balaban J connectivity index is 1.62. The van der Waals surface area contributed by atoms with Crippen LogP contribution in [-0.4, -0.2) is 40.9 Å². The van der Waals surface area contributed by atoms with Gasteiger partial charge in [0, 0.05) is 18.7 Å². The molecule has 4 rings (SSSR count).